The third-order valence-corrected chi connectivity index (χ3v) is 3.99. The van der Waals surface area contributed by atoms with Crippen molar-refractivity contribution in [2.45, 2.75) is 67.0 Å². The molecular formula is C16H36N2. The van der Waals surface area contributed by atoms with Crippen molar-refractivity contribution in [3.8, 4) is 0 Å². The Morgan fingerprint density at radius 1 is 0.833 bits per heavy atom. The van der Waals surface area contributed by atoms with Crippen LogP contribution in [0.3, 0.4) is 0 Å². The smallest absolute Gasteiger partial charge is 0.0104 e. The van der Waals surface area contributed by atoms with Gasteiger partial charge in [0.2, 0.25) is 0 Å². The Hall–Kier alpha value is -0.0800. The average Bonchev–Trinajstić information content (AvgIpc) is 2.25. The zero-order valence-corrected chi connectivity index (χ0v) is 14.0. The van der Waals surface area contributed by atoms with E-state index in [4.69, 9.17) is 0 Å². The summed E-state index contributed by atoms with van der Waals surface area (Å²) < 4.78 is 0. The van der Waals surface area contributed by atoms with Crippen molar-refractivity contribution in [3.63, 3.8) is 0 Å². The maximum atomic E-state index is 3.57. The second kappa shape index (κ2) is 8.92. The second-order valence-electron chi connectivity index (χ2n) is 6.91. The zero-order chi connectivity index (χ0) is 14.3. The first-order chi connectivity index (χ1) is 8.25. The van der Waals surface area contributed by atoms with E-state index in [0.29, 0.717) is 18.0 Å². The number of hydrogen-bond acceptors (Lipinski definition) is 2. The number of nitrogens with zero attached hydrogens (tertiary/aromatic N) is 1. The Balaban J connectivity index is 4.06. The van der Waals surface area contributed by atoms with Crippen LogP contribution in [0.1, 0.15) is 54.9 Å². The third-order valence-electron chi connectivity index (χ3n) is 3.99. The molecule has 0 spiro atoms. The molecule has 2 nitrogen and oxygen atoms in total. The first-order valence-corrected chi connectivity index (χ1v) is 7.68. The highest BCUT2D eigenvalue weighted by Crippen LogP contribution is 2.16. The SMILES string of the molecule is CC(C)CNCC(C)C(C)N(C)C(C)CC(C)C. The van der Waals surface area contributed by atoms with Gasteiger partial charge in [0.15, 0.2) is 0 Å². The van der Waals surface area contributed by atoms with Gasteiger partial charge in [-0.1, -0.05) is 34.6 Å². The lowest BCUT2D eigenvalue weighted by Crippen LogP contribution is -2.44. The van der Waals surface area contributed by atoms with Crippen LogP contribution in [-0.4, -0.2) is 37.1 Å². The predicted molar refractivity (Wildman–Crippen MR) is 83.0 cm³/mol. The molecule has 0 aliphatic rings. The minimum atomic E-state index is 0.637. The number of nitrogens with one attached hydrogen (secondary N) is 1. The van der Waals surface area contributed by atoms with E-state index in [9.17, 15) is 0 Å². The maximum Gasteiger partial charge on any atom is 0.0104 e. The van der Waals surface area contributed by atoms with Gasteiger partial charge in [0.1, 0.15) is 0 Å². The highest BCUT2D eigenvalue weighted by atomic mass is 15.2. The second-order valence-corrected chi connectivity index (χ2v) is 6.91. The van der Waals surface area contributed by atoms with Crippen LogP contribution >= 0.6 is 0 Å². The van der Waals surface area contributed by atoms with E-state index in [2.05, 4.69) is 65.7 Å². The van der Waals surface area contributed by atoms with Gasteiger partial charge in [0.05, 0.1) is 0 Å². The van der Waals surface area contributed by atoms with Crippen molar-refractivity contribution in [2.75, 3.05) is 20.1 Å². The molecule has 0 heterocycles. The fourth-order valence-electron chi connectivity index (χ4n) is 2.42. The van der Waals surface area contributed by atoms with Crippen LogP contribution in [0, 0.1) is 17.8 Å². The molecule has 0 aromatic carbocycles. The predicted octanol–water partition coefficient (Wildman–Crippen LogP) is 3.62. The quantitative estimate of drug-likeness (QED) is 0.678. The van der Waals surface area contributed by atoms with Crippen LogP contribution in [0.2, 0.25) is 0 Å². The summed E-state index contributed by atoms with van der Waals surface area (Å²) in [6.07, 6.45) is 1.28. The molecular weight excluding hydrogens is 220 g/mol. The molecule has 18 heavy (non-hydrogen) atoms. The number of rotatable bonds is 9. The molecule has 0 aliphatic carbocycles. The van der Waals surface area contributed by atoms with Crippen LogP contribution in [-0.2, 0) is 0 Å². The van der Waals surface area contributed by atoms with Gasteiger partial charge >= 0.3 is 0 Å². The Kier molecular flexibility index (Phi) is 8.89. The Morgan fingerprint density at radius 2 is 1.39 bits per heavy atom. The normalized spacial score (nSPS) is 17.5. The van der Waals surface area contributed by atoms with Crippen LogP contribution in [0.25, 0.3) is 0 Å². The largest absolute Gasteiger partial charge is 0.316 e. The Bertz CT molecular complexity index is 201. The van der Waals surface area contributed by atoms with Crippen LogP contribution in [0.4, 0.5) is 0 Å². The highest BCUT2D eigenvalue weighted by Gasteiger charge is 2.21. The summed E-state index contributed by atoms with van der Waals surface area (Å²) in [7, 11) is 2.27. The van der Waals surface area contributed by atoms with Gasteiger partial charge in [-0.2, -0.15) is 0 Å². The average molecular weight is 256 g/mol. The molecule has 0 amide bonds. The molecule has 0 aliphatic heterocycles. The topological polar surface area (TPSA) is 15.3 Å². The molecule has 0 rings (SSSR count). The molecule has 0 bridgehead atoms. The summed E-state index contributed by atoms with van der Waals surface area (Å²) in [6, 6.07) is 1.31. The van der Waals surface area contributed by atoms with Crippen LogP contribution < -0.4 is 5.32 Å². The van der Waals surface area contributed by atoms with E-state index in [1.165, 1.54) is 6.42 Å². The molecule has 110 valence electrons. The maximum absolute atomic E-state index is 3.57. The minimum absolute atomic E-state index is 0.637. The lowest BCUT2D eigenvalue weighted by molar-refractivity contribution is 0.134. The van der Waals surface area contributed by atoms with Crippen molar-refractivity contribution >= 4 is 0 Å². The van der Waals surface area contributed by atoms with E-state index in [-0.39, 0.29) is 0 Å². The van der Waals surface area contributed by atoms with Gasteiger partial charge in [-0.25, -0.2) is 0 Å². The van der Waals surface area contributed by atoms with Gasteiger partial charge in [-0.3, -0.25) is 0 Å². The first kappa shape index (κ1) is 17.9. The summed E-state index contributed by atoms with van der Waals surface area (Å²) >= 11 is 0. The van der Waals surface area contributed by atoms with Gasteiger partial charge in [-0.15, -0.1) is 0 Å². The fourth-order valence-corrected chi connectivity index (χ4v) is 2.42. The molecule has 0 saturated heterocycles. The lowest BCUT2D eigenvalue weighted by atomic mass is 9.97. The third kappa shape index (κ3) is 7.38. The first-order valence-electron chi connectivity index (χ1n) is 7.68. The molecule has 1 N–H and O–H groups in total. The Morgan fingerprint density at radius 3 is 1.83 bits per heavy atom. The Labute approximate surface area is 116 Å². The highest BCUT2D eigenvalue weighted by molar-refractivity contribution is 4.77. The molecule has 0 aromatic heterocycles. The molecule has 3 unspecified atom stereocenters. The summed E-state index contributed by atoms with van der Waals surface area (Å²) in [4.78, 5) is 2.54. The standard InChI is InChI=1S/C16H36N2/c1-12(2)9-15(6)18(8)16(7)14(5)11-17-10-13(3)4/h12-17H,9-11H2,1-8H3. The molecule has 3 atom stereocenters. The van der Waals surface area contributed by atoms with Gasteiger partial charge in [0, 0.05) is 12.1 Å². The summed E-state index contributed by atoms with van der Waals surface area (Å²) in [6.45, 7) is 18.5. The molecule has 0 saturated carbocycles. The van der Waals surface area contributed by atoms with Crippen molar-refractivity contribution in [1.29, 1.82) is 0 Å². The molecule has 0 radical (unpaired) electrons. The van der Waals surface area contributed by atoms with E-state index in [0.717, 1.165) is 24.9 Å². The monoisotopic (exact) mass is 256 g/mol. The van der Waals surface area contributed by atoms with Gasteiger partial charge in [-0.05, 0) is 58.2 Å². The summed E-state index contributed by atoms with van der Waals surface area (Å²) in [5, 5.41) is 3.57. The zero-order valence-electron chi connectivity index (χ0n) is 14.0. The van der Waals surface area contributed by atoms with E-state index >= 15 is 0 Å². The van der Waals surface area contributed by atoms with Crippen molar-refractivity contribution in [2.24, 2.45) is 17.8 Å². The lowest BCUT2D eigenvalue weighted by Gasteiger charge is -2.35. The van der Waals surface area contributed by atoms with E-state index < -0.39 is 0 Å². The van der Waals surface area contributed by atoms with Gasteiger partial charge in [0.25, 0.3) is 0 Å². The summed E-state index contributed by atoms with van der Waals surface area (Å²) in [5.41, 5.74) is 0. The molecule has 2 heteroatoms. The van der Waals surface area contributed by atoms with E-state index in [1.54, 1.807) is 0 Å². The van der Waals surface area contributed by atoms with Crippen LogP contribution in [0.15, 0.2) is 0 Å². The number of hydrogen-bond donors (Lipinski definition) is 1. The van der Waals surface area contributed by atoms with Gasteiger partial charge < -0.3 is 10.2 Å². The van der Waals surface area contributed by atoms with Crippen molar-refractivity contribution in [1.82, 2.24) is 10.2 Å². The minimum Gasteiger partial charge on any atom is -0.316 e. The molecule has 0 fully saturated rings. The summed E-state index contributed by atoms with van der Waals surface area (Å²) in [5.74, 6) is 2.22. The fraction of sp³-hybridized carbons (Fsp3) is 1.00. The van der Waals surface area contributed by atoms with Crippen molar-refractivity contribution in [3.05, 3.63) is 0 Å². The van der Waals surface area contributed by atoms with E-state index in [1.807, 2.05) is 0 Å². The molecule has 0 aromatic rings. The van der Waals surface area contributed by atoms with Crippen molar-refractivity contribution < 1.29 is 0 Å². The van der Waals surface area contributed by atoms with Crippen LogP contribution in [0.5, 0.6) is 0 Å².